The number of carbonyl (C=O) groups excluding carboxylic acids is 1. The first-order valence-electron chi connectivity index (χ1n) is 8.04. The van der Waals surface area contributed by atoms with Gasteiger partial charge in [-0.2, -0.15) is 0 Å². The number of esters is 1. The number of imidazole rings is 1. The summed E-state index contributed by atoms with van der Waals surface area (Å²) in [6, 6.07) is 0.793. The van der Waals surface area contributed by atoms with Gasteiger partial charge in [0, 0.05) is 24.0 Å². The summed E-state index contributed by atoms with van der Waals surface area (Å²) in [6.45, 7) is 7.30. The first-order valence-corrected chi connectivity index (χ1v) is 8.04. The minimum absolute atomic E-state index is 0.000301. The maximum atomic E-state index is 12.5. The van der Waals surface area contributed by atoms with Crippen molar-refractivity contribution < 1.29 is 9.53 Å². The van der Waals surface area contributed by atoms with Crippen LogP contribution in [0.25, 0.3) is 0 Å². The van der Waals surface area contributed by atoms with Crippen LogP contribution < -0.4 is 0 Å². The summed E-state index contributed by atoms with van der Waals surface area (Å²) in [5.74, 6) is 1.00. The van der Waals surface area contributed by atoms with Crippen molar-refractivity contribution in [2.75, 3.05) is 6.61 Å². The predicted molar refractivity (Wildman–Crippen MR) is 79.7 cm³/mol. The third-order valence-corrected chi connectivity index (χ3v) is 5.28. The average Bonchev–Trinajstić information content (AvgIpc) is 3.14. The average molecular weight is 291 g/mol. The van der Waals surface area contributed by atoms with Crippen LogP contribution in [0.1, 0.15) is 51.0 Å². The zero-order valence-corrected chi connectivity index (χ0v) is 13.2. The van der Waals surface area contributed by atoms with E-state index in [4.69, 9.17) is 4.74 Å². The van der Waals surface area contributed by atoms with E-state index in [2.05, 4.69) is 21.8 Å². The molecule has 21 heavy (non-hydrogen) atoms. The number of ether oxygens (including phenoxy) is 1. The fourth-order valence-corrected chi connectivity index (χ4v) is 4.28. The van der Waals surface area contributed by atoms with Crippen LogP contribution in [-0.2, 0) is 16.1 Å². The summed E-state index contributed by atoms with van der Waals surface area (Å²) in [6.07, 6.45) is 5.95. The second-order valence-electron chi connectivity index (χ2n) is 6.37. The number of carbonyl (C=O) groups is 1. The molecule has 1 aromatic heterocycles. The molecule has 5 nitrogen and oxygen atoms in total. The predicted octanol–water partition coefficient (Wildman–Crippen LogP) is 2.41. The molecule has 0 radical (unpaired) electrons. The molecule has 5 heteroatoms. The van der Waals surface area contributed by atoms with E-state index < -0.39 is 0 Å². The zero-order valence-electron chi connectivity index (χ0n) is 13.2. The highest BCUT2D eigenvalue weighted by Gasteiger charge is 2.59. The Kier molecular flexibility index (Phi) is 3.78. The fourth-order valence-electron chi connectivity index (χ4n) is 4.28. The molecule has 1 aromatic rings. The molecule has 0 aliphatic carbocycles. The molecule has 2 aliphatic rings. The van der Waals surface area contributed by atoms with E-state index in [0.717, 1.165) is 37.3 Å². The molecule has 0 saturated carbocycles. The topological polar surface area (TPSA) is 58.2 Å². The number of hydrogen-bond donors (Lipinski definition) is 1. The van der Waals surface area contributed by atoms with E-state index in [1.54, 1.807) is 0 Å². The number of H-pyrrole nitrogens is 1. The van der Waals surface area contributed by atoms with Gasteiger partial charge >= 0.3 is 5.97 Å². The fraction of sp³-hybridized carbons (Fsp3) is 0.750. The Balaban J connectivity index is 1.80. The zero-order chi connectivity index (χ0) is 15.0. The lowest BCUT2D eigenvalue weighted by Gasteiger charge is -2.34. The summed E-state index contributed by atoms with van der Waals surface area (Å²) in [5.41, 5.74) is 0.782. The first kappa shape index (κ1) is 14.6. The number of aromatic nitrogens is 2. The number of nitrogens with one attached hydrogen (secondary N) is 1. The van der Waals surface area contributed by atoms with Crippen molar-refractivity contribution >= 4 is 5.97 Å². The lowest BCUT2D eigenvalue weighted by Crippen LogP contribution is -2.44. The van der Waals surface area contributed by atoms with Gasteiger partial charge in [0.1, 0.15) is 5.82 Å². The Labute approximate surface area is 126 Å². The highest BCUT2D eigenvalue weighted by atomic mass is 16.5. The smallest absolute Gasteiger partial charge is 0.313 e. The van der Waals surface area contributed by atoms with Gasteiger partial charge in [0.2, 0.25) is 0 Å². The molecule has 0 aromatic carbocycles. The van der Waals surface area contributed by atoms with Crippen LogP contribution in [0, 0.1) is 12.3 Å². The molecule has 2 aliphatic heterocycles. The van der Waals surface area contributed by atoms with Gasteiger partial charge in [0.05, 0.1) is 18.6 Å². The van der Waals surface area contributed by atoms with Crippen LogP contribution >= 0.6 is 0 Å². The van der Waals surface area contributed by atoms with E-state index in [1.165, 1.54) is 6.42 Å². The molecule has 3 atom stereocenters. The van der Waals surface area contributed by atoms with Crippen molar-refractivity contribution in [1.29, 1.82) is 0 Å². The molecule has 3 heterocycles. The molecule has 0 spiro atoms. The van der Waals surface area contributed by atoms with E-state index in [-0.39, 0.29) is 11.4 Å². The minimum atomic E-state index is -0.305. The molecule has 116 valence electrons. The normalized spacial score (nSPS) is 31.8. The summed E-state index contributed by atoms with van der Waals surface area (Å²) >= 11 is 0. The molecule has 0 amide bonds. The van der Waals surface area contributed by atoms with Crippen LogP contribution in [0.4, 0.5) is 0 Å². The van der Waals surface area contributed by atoms with Crippen molar-refractivity contribution in [3.8, 4) is 0 Å². The Bertz CT molecular complexity index is 527. The summed E-state index contributed by atoms with van der Waals surface area (Å²) in [5, 5.41) is 0. The van der Waals surface area contributed by atoms with Gasteiger partial charge in [-0.1, -0.05) is 6.92 Å². The second-order valence-corrected chi connectivity index (χ2v) is 6.37. The Morgan fingerprint density at radius 2 is 2.33 bits per heavy atom. The number of aryl methyl sites for hydroxylation is 1. The number of hydrogen-bond acceptors (Lipinski definition) is 4. The lowest BCUT2D eigenvalue weighted by atomic mass is 9.72. The van der Waals surface area contributed by atoms with Crippen LogP contribution in [0.5, 0.6) is 0 Å². The summed E-state index contributed by atoms with van der Waals surface area (Å²) in [4.78, 5) is 22.7. The van der Waals surface area contributed by atoms with E-state index in [1.807, 2.05) is 20.0 Å². The molecule has 2 saturated heterocycles. The molecule has 3 rings (SSSR count). The number of aromatic amines is 1. The van der Waals surface area contributed by atoms with Crippen LogP contribution in [0.3, 0.4) is 0 Å². The maximum absolute atomic E-state index is 12.5. The first-order chi connectivity index (χ1) is 10.1. The van der Waals surface area contributed by atoms with Crippen molar-refractivity contribution in [3.63, 3.8) is 0 Å². The third kappa shape index (κ3) is 2.27. The maximum Gasteiger partial charge on any atom is 0.313 e. The van der Waals surface area contributed by atoms with Gasteiger partial charge < -0.3 is 9.72 Å². The van der Waals surface area contributed by atoms with E-state index in [0.29, 0.717) is 18.7 Å². The highest BCUT2D eigenvalue weighted by molar-refractivity contribution is 5.78. The largest absolute Gasteiger partial charge is 0.466 e. The summed E-state index contributed by atoms with van der Waals surface area (Å²) < 4.78 is 5.39. The standard InChI is InChI=1S/C16H25N3O2/c1-4-16(15(20)21-5-2)8-12-6-7-13(16)19(12)10-14-17-9-11(3)18-14/h9,12-13H,4-8,10H2,1-3H3,(H,17,18)/t12-,13+,16+/m0/s1. The van der Waals surface area contributed by atoms with Crippen LogP contribution in [0.2, 0.25) is 0 Å². The molecule has 0 unspecified atom stereocenters. The highest BCUT2D eigenvalue weighted by Crippen LogP contribution is 2.52. The van der Waals surface area contributed by atoms with Gasteiger partial charge in [-0.25, -0.2) is 4.98 Å². The van der Waals surface area contributed by atoms with Crippen LogP contribution in [-0.4, -0.2) is 39.5 Å². The molecular weight excluding hydrogens is 266 g/mol. The Morgan fingerprint density at radius 1 is 1.52 bits per heavy atom. The van der Waals surface area contributed by atoms with E-state index in [9.17, 15) is 4.79 Å². The van der Waals surface area contributed by atoms with Gasteiger partial charge in [-0.05, 0) is 39.5 Å². The number of fused-ring (bicyclic) bond motifs is 2. The van der Waals surface area contributed by atoms with Crippen molar-refractivity contribution in [2.24, 2.45) is 5.41 Å². The van der Waals surface area contributed by atoms with Gasteiger partial charge in [0.25, 0.3) is 0 Å². The minimum Gasteiger partial charge on any atom is -0.466 e. The molecule has 2 bridgehead atoms. The summed E-state index contributed by atoms with van der Waals surface area (Å²) in [7, 11) is 0. The van der Waals surface area contributed by atoms with E-state index >= 15 is 0 Å². The van der Waals surface area contributed by atoms with Crippen molar-refractivity contribution in [2.45, 2.75) is 65.1 Å². The van der Waals surface area contributed by atoms with Crippen molar-refractivity contribution in [1.82, 2.24) is 14.9 Å². The number of nitrogens with zero attached hydrogens (tertiary/aromatic N) is 2. The monoisotopic (exact) mass is 291 g/mol. The Hall–Kier alpha value is -1.36. The van der Waals surface area contributed by atoms with Gasteiger partial charge in [-0.15, -0.1) is 0 Å². The number of rotatable bonds is 5. The van der Waals surface area contributed by atoms with Gasteiger partial charge in [-0.3, -0.25) is 9.69 Å². The van der Waals surface area contributed by atoms with Gasteiger partial charge in [0.15, 0.2) is 0 Å². The Morgan fingerprint density at radius 3 is 2.95 bits per heavy atom. The lowest BCUT2D eigenvalue weighted by molar-refractivity contribution is -0.157. The quantitative estimate of drug-likeness (QED) is 0.846. The molecular formula is C16H25N3O2. The molecule has 2 fully saturated rings. The SMILES string of the molecule is CCOC(=O)[C@]1(CC)C[C@@H]2CC[C@H]1N2Cc1ncc(C)[nH]1. The second kappa shape index (κ2) is 5.44. The third-order valence-electron chi connectivity index (χ3n) is 5.28. The van der Waals surface area contributed by atoms with Crippen molar-refractivity contribution in [3.05, 3.63) is 17.7 Å². The molecule has 1 N–H and O–H groups in total. The van der Waals surface area contributed by atoms with Crippen LogP contribution in [0.15, 0.2) is 6.20 Å².